The topological polar surface area (TPSA) is 58.1 Å². The number of nitrogens with zero attached hydrogens (tertiary/aromatic N) is 2. The molecule has 1 aromatic carbocycles. The molecule has 0 aliphatic carbocycles. The molecule has 2 fully saturated rings. The van der Waals surface area contributed by atoms with Crippen LogP contribution in [0.3, 0.4) is 0 Å². The number of hydrogen-bond acceptors (Lipinski definition) is 4. The Hall–Kier alpha value is -0.900. The Morgan fingerprint density at radius 2 is 1.81 bits per heavy atom. The molecule has 6 nitrogen and oxygen atoms in total. The van der Waals surface area contributed by atoms with Crippen LogP contribution in [0.4, 0.5) is 0 Å². The Morgan fingerprint density at radius 3 is 2.41 bits per heavy atom. The number of morpholine rings is 1. The molecule has 182 valence electrons. The smallest absolute Gasteiger partial charge is 0.191 e. The van der Waals surface area contributed by atoms with Crippen LogP contribution in [-0.4, -0.2) is 76.1 Å². The van der Waals surface area contributed by atoms with E-state index in [4.69, 9.17) is 14.5 Å². The third-order valence-corrected chi connectivity index (χ3v) is 6.33. The van der Waals surface area contributed by atoms with E-state index in [1.165, 1.54) is 11.1 Å². The van der Waals surface area contributed by atoms with E-state index < -0.39 is 0 Å². The summed E-state index contributed by atoms with van der Waals surface area (Å²) in [4.78, 5) is 7.52. The number of halogens is 1. The number of hydrogen-bond donors (Lipinski definition) is 2. The highest BCUT2D eigenvalue weighted by Crippen LogP contribution is 2.23. The molecule has 7 heteroatoms. The van der Waals surface area contributed by atoms with Crippen molar-refractivity contribution >= 4 is 29.9 Å². The summed E-state index contributed by atoms with van der Waals surface area (Å²) in [7, 11) is 0. The average molecular weight is 559 g/mol. The largest absolute Gasteiger partial charge is 0.381 e. The number of nitrogens with one attached hydrogen (secondary N) is 2. The molecule has 2 aliphatic heterocycles. The minimum atomic E-state index is 0. The molecule has 0 spiro atoms. The molecule has 2 N–H and O–H groups in total. The summed E-state index contributed by atoms with van der Waals surface area (Å²) in [5, 5.41) is 6.94. The minimum absolute atomic E-state index is 0. The first-order valence-corrected chi connectivity index (χ1v) is 12.0. The Kier molecular flexibility index (Phi) is 11.7. The summed E-state index contributed by atoms with van der Waals surface area (Å²) in [6.07, 6.45) is 2.12. The van der Waals surface area contributed by atoms with Crippen molar-refractivity contribution in [2.75, 3.05) is 59.2 Å². The third kappa shape index (κ3) is 8.47. The second-order valence-electron chi connectivity index (χ2n) is 9.68. The zero-order valence-corrected chi connectivity index (χ0v) is 22.7. The van der Waals surface area contributed by atoms with Crippen LogP contribution in [0.1, 0.15) is 45.2 Å². The number of rotatable bonds is 8. The van der Waals surface area contributed by atoms with E-state index in [-0.39, 0.29) is 29.4 Å². The molecule has 0 amide bonds. The summed E-state index contributed by atoms with van der Waals surface area (Å²) in [5.74, 6) is 1.47. The van der Waals surface area contributed by atoms with Crippen molar-refractivity contribution in [3.63, 3.8) is 0 Å². The zero-order chi connectivity index (χ0) is 22.1. The van der Waals surface area contributed by atoms with Crippen LogP contribution in [0, 0.1) is 5.92 Å². The number of ether oxygens (including phenoxy) is 2. The predicted molar refractivity (Wildman–Crippen MR) is 143 cm³/mol. The lowest BCUT2D eigenvalue weighted by Gasteiger charge is -2.36. The summed E-state index contributed by atoms with van der Waals surface area (Å²) in [5.41, 5.74) is 2.93. The van der Waals surface area contributed by atoms with E-state index in [0.29, 0.717) is 12.0 Å². The first kappa shape index (κ1) is 27.3. The summed E-state index contributed by atoms with van der Waals surface area (Å²) >= 11 is 0. The van der Waals surface area contributed by atoms with Gasteiger partial charge in [-0.3, -0.25) is 9.89 Å². The molecule has 0 saturated carbocycles. The van der Waals surface area contributed by atoms with E-state index in [1.54, 1.807) is 0 Å². The second-order valence-corrected chi connectivity index (χ2v) is 9.68. The van der Waals surface area contributed by atoms with Crippen molar-refractivity contribution in [3.8, 4) is 0 Å². The van der Waals surface area contributed by atoms with Gasteiger partial charge in [0.25, 0.3) is 0 Å². The molecule has 2 unspecified atom stereocenters. The standard InChI is InChI=1S/C25H42N4O2.HI/c1-5-26-24(27-12-10-20-6-8-22(9-7-20)25(2,3)4)28-18-23(21-11-15-31-19-21)29-13-16-30-17-14-29;/h6-9,21,23H,5,10-19H2,1-4H3,(H2,26,27,28);1H. The average Bonchev–Trinajstić information content (AvgIpc) is 3.29. The van der Waals surface area contributed by atoms with Gasteiger partial charge >= 0.3 is 0 Å². The Balaban J connectivity index is 0.00000363. The molecule has 1 aromatic rings. The monoisotopic (exact) mass is 558 g/mol. The third-order valence-electron chi connectivity index (χ3n) is 6.33. The fourth-order valence-corrected chi connectivity index (χ4v) is 4.35. The van der Waals surface area contributed by atoms with E-state index in [1.807, 2.05) is 0 Å². The van der Waals surface area contributed by atoms with Crippen molar-refractivity contribution < 1.29 is 9.47 Å². The van der Waals surface area contributed by atoms with Gasteiger partial charge in [0.15, 0.2) is 5.96 Å². The molecule has 2 saturated heterocycles. The van der Waals surface area contributed by atoms with Crippen molar-refractivity contribution in [1.29, 1.82) is 0 Å². The Labute approximate surface area is 211 Å². The van der Waals surface area contributed by atoms with Gasteiger partial charge in [-0.05, 0) is 36.3 Å². The molecule has 2 atom stereocenters. The fourth-order valence-electron chi connectivity index (χ4n) is 4.35. The normalized spacial score (nSPS) is 21.1. The van der Waals surface area contributed by atoms with Gasteiger partial charge in [0.2, 0.25) is 0 Å². The quantitative estimate of drug-likeness (QED) is 0.291. The molecule has 0 aromatic heterocycles. The van der Waals surface area contributed by atoms with Crippen molar-refractivity contribution in [2.24, 2.45) is 10.9 Å². The molecule has 3 rings (SSSR count). The van der Waals surface area contributed by atoms with Gasteiger partial charge in [-0.15, -0.1) is 24.0 Å². The van der Waals surface area contributed by atoms with Gasteiger partial charge < -0.3 is 20.1 Å². The number of guanidine groups is 1. The van der Waals surface area contributed by atoms with Gasteiger partial charge in [0.1, 0.15) is 0 Å². The zero-order valence-electron chi connectivity index (χ0n) is 20.4. The van der Waals surface area contributed by atoms with E-state index in [2.05, 4.69) is 67.5 Å². The highest BCUT2D eigenvalue weighted by Gasteiger charge is 2.31. The van der Waals surface area contributed by atoms with Crippen LogP contribution in [0.15, 0.2) is 29.3 Å². The van der Waals surface area contributed by atoms with Gasteiger partial charge in [0, 0.05) is 44.7 Å². The molecule has 2 heterocycles. The maximum Gasteiger partial charge on any atom is 0.191 e. The number of aliphatic imine (C=N–C) groups is 1. The molecule has 0 bridgehead atoms. The lowest BCUT2D eigenvalue weighted by atomic mass is 9.86. The maximum atomic E-state index is 5.69. The minimum Gasteiger partial charge on any atom is -0.381 e. The van der Waals surface area contributed by atoms with Crippen LogP contribution >= 0.6 is 24.0 Å². The van der Waals surface area contributed by atoms with E-state index in [0.717, 1.165) is 78.0 Å². The summed E-state index contributed by atoms with van der Waals surface area (Å²) in [6.45, 7) is 16.8. The lowest BCUT2D eigenvalue weighted by Crippen LogP contribution is -2.49. The van der Waals surface area contributed by atoms with Crippen LogP contribution in [0.2, 0.25) is 0 Å². The fraction of sp³-hybridized carbons (Fsp3) is 0.720. The van der Waals surface area contributed by atoms with E-state index >= 15 is 0 Å². The van der Waals surface area contributed by atoms with Crippen molar-refractivity contribution in [3.05, 3.63) is 35.4 Å². The van der Waals surface area contributed by atoms with Gasteiger partial charge in [-0.25, -0.2) is 0 Å². The van der Waals surface area contributed by atoms with Crippen LogP contribution < -0.4 is 10.6 Å². The molecular weight excluding hydrogens is 515 g/mol. The van der Waals surface area contributed by atoms with E-state index in [9.17, 15) is 0 Å². The van der Waals surface area contributed by atoms with Gasteiger partial charge in [0.05, 0.1) is 26.4 Å². The van der Waals surface area contributed by atoms with Crippen molar-refractivity contribution in [1.82, 2.24) is 15.5 Å². The van der Waals surface area contributed by atoms with Crippen LogP contribution in [-0.2, 0) is 21.3 Å². The number of benzene rings is 1. The summed E-state index contributed by atoms with van der Waals surface area (Å²) < 4.78 is 11.3. The summed E-state index contributed by atoms with van der Waals surface area (Å²) in [6, 6.07) is 9.44. The Morgan fingerprint density at radius 1 is 1.09 bits per heavy atom. The highest BCUT2D eigenvalue weighted by molar-refractivity contribution is 14.0. The second kappa shape index (κ2) is 13.7. The first-order valence-electron chi connectivity index (χ1n) is 12.0. The highest BCUT2D eigenvalue weighted by atomic mass is 127. The Bertz CT molecular complexity index is 678. The lowest BCUT2D eigenvalue weighted by molar-refractivity contribution is 0.00368. The first-order chi connectivity index (χ1) is 15.0. The van der Waals surface area contributed by atoms with Gasteiger partial charge in [-0.1, -0.05) is 45.0 Å². The predicted octanol–water partition coefficient (Wildman–Crippen LogP) is 3.44. The van der Waals surface area contributed by atoms with Crippen LogP contribution in [0.5, 0.6) is 0 Å². The molecule has 32 heavy (non-hydrogen) atoms. The maximum absolute atomic E-state index is 5.69. The molecule has 2 aliphatic rings. The van der Waals surface area contributed by atoms with Crippen LogP contribution in [0.25, 0.3) is 0 Å². The molecule has 0 radical (unpaired) electrons. The molecular formula is C25H43IN4O2. The van der Waals surface area contributed by atoms with Crippen molar-refractivity contribution in [2.45, 2.75) is 52.0 Å². The SMILES string of the molecule is CCNC(=NCC(C1CCOC1)N1CCOCC1)NCCc1ccc(C(C)(C)C)cc1.I. The van der Waals surface area contributed by atoms with Gasteiger partial charge in [-0.2, -0.15) is 0 Å².